The number of carboxylic acid groups (broad SMARTS) is 1. The number of rotatable bonds is 3. The molecule has 0 radical (unpaired) electrons. The van der Waals surface area contributed by atoms with E-state index in [0.29, 0.717) is 5.52 Å². The van der Waals surface area contributed by atoms with E-state index in [1.807, 2.05) is 0 Å². The molecule has 2 aromatic heterocycles. The molecule has 0 fully saturated rings. The largest absolute Gasteiger partial charge is 0.481 e. The van der Waals surface area contributed by atoms with Crippen LogP contribution in [0, 0.1) is 0 Å². The molecule has 106 valence electrons. The number of fused-ring (bicyclic) bond motifs is 3. The standard InChI is InChI=1S/C14H17N3O3/c18-12(19)6-7-16-8-9-17-13(14(16)20)10-4-2-1-3-5-11(10)15-17/h8-9H,1-7H2,(H,18,19). The molecule has 2 aromatic rings. The van der Waals surface area contributed by atoms with Crippen LogP contribution in [0.3, 0.4) is 0 Å². The van der Waals surface area contributed by atoms with Gasteiger partial charge in [-0.2, -0.15) is 5.10 Å². The first-order chi connectivity index (χ1) is 9.66. The molecule has 6 nitrogen and oxygen atoms in total. The number of aromatic nitrogens is 3. The Morgan fingerprint density at radius 2 is 2.05 bits per heavy atom. The van der Waals surface area contributed by atoms with Crippen LogP contribution in [-0.2, 0) is 24.2 Å². The molecular weight excluding hydrogens is 258 g/mol. The normalized spacial score (nSPS) is 15.0. The van der Waals surface area contributed by atoms with Crippen molar-refractivity contribution in [2.45, 2.75) is 45.1 Å². The molecule has 0 atom stereocenters. The molecule has 0 bridgehead atoms. The lowest BCUT2D eigenvalue weighted by molar-refractivity contribution is -0.137. The van der Waals surface area contributed by atoms with Gasteiger partial charge in [0.15, 0.2) is 0 Å². The summed E-state index contributed by atoms with van der Waals surface area (Å²) < 4.78 is 3.12. The molecule has 6 heteroatoms. The molecule has 0 aromatic carbocycles. The zero-order chi connectivity index (χ0) is 14.1. The van der Waals surface area contributed by atoms with Crippen LogP contribution < -0.4 is 5.56 Å². The second-order valence-electron chi connectivity index (χ2n) is 5.22. The first-order valence-electron chi connectivity index (χ1n) is 6.98. The first-order valence-corrected chi connectivity index (χ1v) is 6.98. The maximum absolute atomic E-state index is 12.5. The Hall–Kier alpha value is -2.11. The van der Waals surface area contributed by atoms with Crippen molar-refractivity contribution >= 4 is 11.5 Å². The van der Waals surface area contributed by atoms with E-state index in [0.717, 1.165) is 36.9 Å². The van der Waals surface area contributed by atoms with Gasteiger partial charge in [-0.05, 0) is 25.7 Å². The van der Waals surface area contributed by atoms with Gasteiger partial charge in [-0.3, -0.25) is 9.59 Å². The number of hydrogen-bond acceptors (Lipinski definition) is 3. The highest BCUT2D eigenvalue weighted by Gasteiger charge is 2.18. The van der Waals surface area contributed by atoms with Crippen LogP contribution in [0.15, 0.2) is 17.2 Å². The fourth-order valence-corrected chi connectivity index (χ4v) is 2.82. The monoisotopic (exact) mass is 275 g/mol. The molecule has 3 rings (SSSR count). The summed E-state index contributed by atoms with van der Waals surface area (Å²) in [4.78, 5) is 23.1. The van der Waals surface area contributed by atoms with E-state index in [1.165, 1.54) is 11.0 Å². The average Bonchev–Trinajstić information content (AvgIpc) is 2.61. The minimum atomic E-state index is -0.899. The Kier molecular flexibility index (Phi) is 3.30. The SMILES string of the molecule is O=C(O)CCn1ccn2nc3c(c2c1=O)CCCCC3. The lowest BCUT2D eigenvalue weighted by Gasteiger charge is -2.05. The fourth-order valence-electron chi connectivity index (χ4n) is 2.82. The van der Waals surface area contributed by atoms with Gasteiger partial charge >= 0.3 is 5.97 Å². The van der Waals surface area contributed by atoms with Crippen molar-refractivity contribution in [2.75, 3.05) is 0 Å². The summed E-state index contributed by atoms with van der Waals surface area (Å²) in [7, 11) is 0. The van der Waals surface area contributed by atoms with E-state index in [1.54, 1.807) is 16.9 Å². The van der Waals surface area contributed by atoms with E-state index < -0.39 is 5.97 Å². The number of aliphatic carboxylic acids is 1. The molecule has 20 heavy (non-hydrogen) atoms. The molecule has 0 aliphatic heterocycles. The number of carbonyl (C=O) groups is 1. The predicted octanol–water partition coefficient (Wildman–Crippen LogP) is 1.24. The third-order valence-electron chi connectivity index (χ3n) is 3.85. The highest BCUT2D eigenvalue weighted by molar-refractivity contribution is 5.66. The van der Waals surface area contributed by atoms with E-state index in [2.05, 4.69) is 5.10 Å². The van der Waals surface area contributed by atoms with Crippen molar-refractivity contribution in [2.24, 2.45) is 0 Å². The summed E-state index contributed by atoms with van der Waals surface area (Å²) in [5, 5.41) is 13.2. The third-order valence-corrected chi connectivity index (χ3v) is 3.85. The fraction of sp³-hybridized carbons (Fsp3) is 0.500. The van der Waals surface area contributed by atoms with Gasteiger partial charge in [0.2, 0.25) is 0 Å². The smallest absolute Gasteiger partial charge is 0.305 e. The maximum atomic E-state index is 12.5. The third kappa shape index (κ3) is 2.21. The van der Waals surface area contributed by atoms with Gasteiger partial charge in [0.05, 0.1) is 12.1 Å². The van der Waals surface area contributed by atoms with Crippen LogP contribution in [0.25, 0.3) is 5.52 Å². The van der Waals surface area contributed by atoms with Crippen LogP contribution in [0.5, 0.6) is 0 Å². The summed E-state index contributed by atoms with van der Waals surface area (Å²) in [6.45, 7) is 0.199. The number of hydrogen-bond donors (Lipinski definition) is 1. The summed E-state index contributed by atoms with van der Waals surface area (Å²) >= 11 is 0. The minimum absolute atomic E-state index is 0.0492. The lowest BCUT2D eigenvalue weighted by atomic mass is 10.1. The molecule has 0 saturated heterocycles. The van der Waals surface area contributed by atoms with Gasteiger partial charge in [0, 0.05) is 24.5 Å². The molecule has 1 aliphatic carbocycles. The molecular formula is C14H17N3O3. The van der Waals surface area contributed by atoms with Crippen molar-refractivity contribution in [3.8, 4) is 0 Å². The molecule has 1 N–H and O–H groups in total. The van der Waals surface area contributed by atoms with Crippen LogP contribution in [-0.4, -0.2) is 25.3 Å². The topological polar surface area (TPSA) is 76.6 Å². The zero-order valence-corrected chi connectivity index (χ0v) is 11.2. The van der Waals surface area contributed by atoms with Crippen molar-refractivity contribution < 1.29 is 9.90 Å². The average molecular weight is 275 g/mol. The van der Waals surface area contributed by atoms with E-state index >= 15 is 0 Å². The number of nitrogens with zero attached hydrogens (tertiary/aromatic N) is 3. The summed E-state index contributed by atoms with van der Waals surface area (Å²) in [6.07, 6.45) is 8.48. The number of carboxylic acids is 1. The molecule has 0 amide bonds. The van der Waals surface area contributed by atoms with Crippen LogP contribution in [0.1, 0.15) is 36.9 Å². The minimum Gasteiger partial charge on any atom is -0.481 e. The summed E-state index contributed by atoms with van der Waals surface area (Å²) in [6, 6.07) is 0. The van der Waals surface area contributed by atoms with Crippen LogP contribution >= 0.6 is 0 Å². The highest BCUT2D eigenvalue weighted by Crippen LogP contribution is 2.22. The van der Waals surface area contributed by atoms with Gasteiger partial charge in [0.1, 0.15) is 5.52 Å². The van der Waals surface area contributed by atoms with Gasteiger partial charge in [-0.1, -0.05) is 6.42 Å². The van der Waals surface area contributed by atoms with Gasteiger partial charge in [0.25, 0.3) is 5.56 Å². The Bertz CT molecular complexity index is 714. The molecule has 0 saturated carbocycles. The Labute approximate surface area is 115 Å². The summed E-state index contributed by atoms with van der Waals surface area (Å²) in [5.74, 6) is -0.899. The van der Waals surface area contributed by atoms with Crippen molar-refractivity contribution in [3.05, 3.63) is 34.0 Å². The van der Waals surface area contributed by atoms with E-state index in [-0.39, 0.29) is 18.5 Å². The van der Waals surface area contributed by atoms with E-state index in [4.69, 9.17) is 5.11 Å². The predicted molar refractivity (Wildman–Crippen MR) is 73.0 cm³/mol. The zero-order valence-electron chi connectivity index (χ0n) is 11.2. The van der Waals surface area contributed by atoms with Crippen molar-refractivity contribution in [1.82, 2.24) is 14.2 Å². The second-order valence-corrected chi connectivity index (χ2v) is 5.22. The quantitative estimate of drug-likeness (QED) is 0.855. The number of aryl methyl sites for hydroxylation is 3. The Morgan fingerprint density at radius 3 is 2.85 bits per heavy atom. The Morgan fingerprint density at radius 1 is 1.25 bits per heavy atom. The molecule has 0 unspecified atom stereocenters. The van der Waals surface area contributed by atoms with Crippen LogP contribution in [0.4, 0.5) is 0 Å². The maximum Gasteiger partial charge on any atom is 0.305 e. The molecule has 2 heterocycles. The molecule has 1 aliphatic rings. The second kappa shape index (κ2) is 5.11. The van der Waals surface area contributed by atoms with Crippen LogP contribution in [0.2, 0.25) is 0 Å². The lowest BCUT2D eigenvalue weighted by Crippen LogP contribution is -2.23. The van der Waals surface area contributed by atoms with E-state index in [9.17, 15) is 9.59 Å². The first kappa shape index (κ1) is 12.9. The van der Waals surface area contributed by atoms with Gasteiger partial charge in [-0.15, -0.1) is 0 Å². The Balaban J connectivity index is 2.09. The van der Waals surface area contributed by atoms with Gasteiger partial charge < -0.3 is 9.67 Å². The highest BCUT2D eigenvalue weighted by atomic mass is 16.4. The summed E-state index contributed by atoms with van der Waals surface area (Å²) in [5.41, 5.74) is 2.56. The molecule has 0 spiro atoms. The van der Waals surface area contributed by atoms with Crippen molar-refractivity contribution in [1.29, 1.82) is 0 Å². The van der Waals surface area contributed by atoms with Crippen molar-refractivity contribution in [3.63, 3.8) is 0 Å². The van der Waals surface area contributed by atoms with Gasteiger partial charge in [-0.25, -0.2) is 4.52 Å².